The van der Waals surface area contributed by atoms with Crippen LogP contribution in [0.4, 0.5) is 21.5 Å². The molecule has 0 spiro atoms. The van der Waals surface area contributed by atoms with E-state index in [4.69, 9.17) is 11.6 Å². The molecule has 3 heterocycles. The van der Waals surface area contributed by atoms with Crippen molar-refractivity contribution in [2.24, 2.45) is 0 Å². The van der Waals surface area contributed by atoms with Crippen LogP contribution in [0.25, 0.3) is 10.9 Å². The standard InChI is InChI=1S/C26H25BrClFN8/c1-37-8-2-3-18(37)5-7-23(24-14-32-36-35-24)33-17-9-19-25(34-16-4-6-22(29)21(28)11-16)15(12-30)13-31-26(19)20(27)10-17/h4,6,9-11,13-14,18,23,33H,2-3,5,7-8H2,1H3,(H,31,34)(H,32,35,36). The van der Waals surface area contributed by atoms with Crippen molar-refractivity contribution < 1.29 is 4.39 Å². The minimum atomic E-state index is -0.510. The summed E-state index contributed by atoms with van der Waals surface area (Å²) < 4.78 is 14.5. The Morgan fingerprint density at radius 3 is 2.86 bits per heavy atom. The van der Waals surface area contributed by atoms with Crippen LogP contribution in [0.3, 0.4) is 0 Å². The van der Waals surface area contributed by atoms with Crippen LogP contribution in [0.1, 0.15) is 43.0 Å². The fourth-order valence-corrected chi connectivity index (χ4v) is 5.60. The number of hydrogen-bond acceptors (Lipinski definition) is 7. The number of rotatable bonds is 8. The molecule has 37 heavy (non-hydrogen) atoms. The van der Waals surface area contributed by atoms with Crippen LogP contribution < -0.4 is 10.6 Å². The first-order valence-corrected chi connectivity index (χ1v) is 13.2. The largest absolute Gasteiger partial charge is 0.376 e. The zero-order valence-electron chi connectivity index (χ0n) is 20.1. The van der Waals surface area contributed by atoms with Crippen LogP contribution in [-0.2, 0) is 0 Å². The maximum atomic E-state index is 13.7. The lowest BCUT2D eigenvalue weighted by Crippen LogP contribution is -2.26. The monoisotopic (exact) mass is 582 g/mol. The number of nitriles is 1. The van der Waals surface area contributed by atoms with Crippen LogP contribution in [0, 0.1) is 17.1 Å². The Hall–Kier alpha value is -3.26. The highest BCUT2D eigenvalue weighted by Gasteiger charge is 2.24. The van der Waals surface area contributed by atoms with E-state index in [-0.39, 0.29) is 11.1 Å². The van der Waals surface area contributed by atoms with Gasteiger partial charge in [-0.15, -0.1) is 0 Å². The molecule has 0 radical (unpaired) electrons. The zero-order chi connectivity index (χ0) is 25.9. The van der Waals surface area contributed by atoms with Gasteiger partial charge in [0.2, 0.25) is 0 Å². The Morgan fingerprint density at radius 2 is 2.16 bits per heavy atom. The topological polar surface area (TPSA) is 106 Å². The highest BCUT2D eigenvalue weighted by atomic mass is 79.9. The summed E-state index contributed by atoms with van der Waals surface area (Å²) in [5.74, 6) is -0.510. The Labute approximate surface area is 227 Å². The minimum absolute atomic E-state index is 0.00577. The summed E-state index contributed by atoms with van der Waals surface area (Å²) in [7, 11) is 2.18. The quantitative estimate of drug-likeness (QED) is 0.216. The number of likely N-dealkylation sites (tertiary alicyclic amines) is 1. The molecule has 5 rings (SSSR count). The van der Waals surface area contributed by atoms with Gasteiger partial charge in [0.1, 0.15) is 17.6 Å². The SMILES string of the molecule is CN1CCCC1CCC(Nc1cc(Br)c2ncc(C#N)c(Nc3ccc(F)c(Cl)c3)c2c1)c1cn[nH]n1. The van der Waals surface area contributed by atoms with Gasteiger partial charge in [0.15, 0.2) is 0 Å². The van der Waals surface area contributed by atoms with E-state index in [0.717, 1.165) is 40.6 Å². The molecule has 8 nitrogen and oxygen atoms in total. The molecule has 0 bridgehead atoms. The van der Waals surface area contributed by atoms with Crippen molar-refractivity contribution in [1.82, 2.24) is 25.3 Å². The molecule has 4 aromatic rings. The molecule has 1 aliphatic rings. The number of benzene rings is 2. The number of nitrogens with one attached hydrogen (secondary N) is 3. The van der Waals surface area contributed by atoms with E-state index in [1.165, 1.54) is 31.2 Å². The molecular weight excluding hydrogens is 559 g/mol. The third kappa shape index (κ3) is 5.54. The second-order valence-corrected chi connectivity index (χ2v) is 10.5. The van der Waals surface area contributed by atoms with Crippen molar-refractivity contribution in [3.05, 3.63) is 69.3 Å². The first-order chi connectivity index (χ1) is 17.9. The van der Waals surface area contributed by atoms with Crippen LogP contribution in [0.15, 0.2) is 47.2 Å². The molecule has 1 fully saturated rings. The number of hydrogen-bond donors (Lipinski definition) is 3. The molecule has 2 aromatic heterocycles. The summed E-state index contributed by atoms with van der Waals surface area (Å²) in [6, 6.07) is 11.0. The second-order valence-electron chi connectivity index (χ2n) is 9.21. The van der Waals surface area contributed by atoms with E-state index in [1.54, 1.807) is 12.3 Å². The second kappa shape index (κ2) is 11.0. The average Bonchev–Trinajstić information content (AvgIpc) is 3.56. The number of aromatic nitrogens is 4. The Kier molecular flexibility index (Phi) is 7.55. The van der Waals surface area contributed by atoms with Gasteiger partial charge in [0, 0.05) is 33.5 Å². The molecule has 190 valence electrons. The molecule has 0 saturated carbocycles. The average molecular weight is 584 g/mol. The summed E-state index contributed by atoms with van der Waals surface area (Å²) in [5, 5.41) is 28.5. The van der Waals surface area contributed by atoms with Gasteiger partial charge in [-0.3, -0.25) is 4.98 Å². The molecule has 0 aliphatic carbocycles. The number of fused-ring (bicyclic) bond motifs is 1. The van der Waals surface area contributed by atoms with E-state index in [0.29, 0.717) is 28.5 Å². The van der Waals surface area contributed by atoms with E-state index in [2.05, 4.69) is 65.0 Å². The number of aromatic amines is 1. The van der Waals surface area contributed by atoms with Crippen molar-refractivity contribution >= 4 is 55.5 Å². The summed E-state index contributed by atoms with van der Waals surface area (Å²) >= 11 is 9.64. The third-order valence-electron chi connectivity index (χ3n) is 6.83. The third-order valence-corrected chi connectivity index (χ3v) is 7.72. The van der Waals surface area contributed by atoms with Crippen molar-refractivity contribution in [3.63, 3.8) is 0 Å². The molecule has 3 N–H and O–H groups in total. The van der Waals surface area contributed by atoms with Gasteiger partial charge in [-0.05, 0) is 85.5 Å². The predicted octanol–water partition coefficient (Wildman–Crippen LogP) is 6.55. The number of pyridine rings is 1. The molecule has 1 aliphatic heterocycles. The highest BCUT2D eigenvalue weighted by molar-refractivity contribution is 9.10. The van der Waals surface area contributed by atoms with Crippen molar-refractivity contribution in [2.45, 2.75) is 37.8 Å². The van der Waals surface area contributed by atoms with Crippen LogP contribution >= 0.6 is 27.5 Å². The molecule has 2 atom stereocenters. The summed E-state index contributed by atoms with van der Waals surface area (Å²) in [5.41, 5.74) is 3.83. The van der Waals surface area contributed by atoms with Gasteiger partial charge in [-0.2, -0.15) is 20.7 Å². The maximum absolute atomic E-state index is 13.7. The number of H-pyrrole nitrogens is 1. The van der Waals surface area contributed by atoms with Gasteiger partial charge >= 0.3 is 0 Å². The van der Waals surface area contributed by atoms with E-state index in [1.807, 2.05) is 12.1 Å². The van der Waals surface area contributed by atoms with Gasteiger partial charge < -0.3 is 15.5 Å². The fraction of sp³-hybridized carbons (Fsp3) is 0.308. The first kappa shape index (κ1) is 25.4. The lowest BCUT2D eigenvalue weighted by atomic mass is 10.0. The molecule has 2 unspecified atom stereocenters. The van der Waals surface area contributed by atoms with E-state index < -0.39 is 5.82 Å². The fourth-order valence-electron chi connectivity index (χ4n) is 4.86. The molecular formula is C26H25BrClFN8. The van der Waals surface area contributed by atoms with Gasteiger partial charge in [0.05, 0.1) is 34.0 Å². The number of halogens is 3. The van der Waals surface area contributed by atoms with Crippen LogP contribution in [0.2, 0.25) is 5.02 Å². The lowest BCUT2D eigenvalue weighted by Gasteiger charge is -2.24. The number of anilines is 3. The summed E-state index contributed by atoms with van der Waals surface area (Å²) in [6.07, 6.45) is 7.61. The summed E-state index contributed by atoms with van der Waals surface area (Å²) in [4.78, 5) is 6.91. The predicted molar refractivity (Wildman–Crippen MR) is 146 cm³/mol. The van der Waals surface area contributed by atoms with E-state index in [9.17, 15) is 9.65 Å². The lowest BCUT2D eigenvalue weighted by molar-refractivity contribution is 0.288. The Bertz CT molecular complexity index is 1460. The molecule has 1 saturated heterocycles. The highest BCUT2D eigenvalue weighted by Crippen LogP contribution is 2.37. The smallest absolute Gasteiger partial charge is 0.141 e. The van der Waals surface area contributed by atoms with Crippen LogP contribution in [-0.4, -0.2) is 44.9 Å². The number of nitrogens with zero attached hydrogens (tertiary/aromatic N) is 5. The normalized spacial score (nSPS) is 16.6. The summed E-state index contributed by atoms with van der Waals surface area (Å²) in [6.45, 7) is 1.13. The molecule has 0 amide bonds. The zero-order valence-corrected chi connectivity index (χ0v) is 22.4. The Balaban J connectivity index is 1.49. The maximum Gasteiger partial charge on any atom is 0.141 e. The van der Waals surface area contributed by atoms with Gasteiger partial charge in [-0.1, -0.05) is 11.6 Å². The first-order valence-electron chi connectivity index (χ1n) is 12.0. The van der Waals surface area contributed by atoms with Gasteiger partial charge in [-0.25, -0.2) is 4.39 Å². The van der Waals surface area contributed by atoms with Gasteiger partial charge in [0.25, 0.3) is 0 Å². The van der Waals surface area contributed by atoms with Crippen LogP contribution in [0.5, 0.6) is 0 Å². The van der Waals surface area contributed by atoms with E-state index >= 15 is 0 Å². The minimum Gasteiger partial charge on any atom is -0.376 e. The van der Waals surface area contributed by atoms with Crippen molar-refractivity contribution in [1.29, 1.82) is 5.26 Å². The Morgan fingerprint density at radius 1 is 1.30 bits per heavy atom. The molecule has 2 aromatic carbocycles. The van der Waals surface area contributed by atoms with Crippen molar-refractivity contribution in [2.75, 3.05) is 24.2 Å². The molecule has 11 heteroatoms. The van der Waals surface area contributed by atoms with Crippen molar-refractivity contribution in [3.8, 4) is 6.07 Å².